The second-order valence-corrected chi connectivity index (χ2v) is 7.03. The summed E-state index contributed by atoms with van der Waals surface area (Å²) < 4.78 is 7.38. The molecule has 9 nitrogen and oxygen atoms in total. The first kappa shape index (κ1) is 19.4. The highest BCUT2D eigenvalue weighted by Gasteiger charge is 2.31. The zero-order chi connectivity index (χ0) is 21.3. The van der Waals surface area contributed by atoms with Crippen LogP contribution in [0.1, 0.15) is 27.6 Å². The van der Waals surface area contributed by atoms with E-state index in [1.165, 1.54) is 4.90 Å². The molecule has 1 N–H and O–H groups in total. The van der Waals surface area contributed by atoms with Crippen LogP contribution in [0.25, 0.3) is 0 Å². The molecule has 3 heterocycles. The van der Waals surface area contributed by atoms with Gasteiger partial charge in [0.05, 0.1) is 12.2 Å². The molecule has 1 atom stereocenters. The standard InChI is InChI=1S/C21H20N6O3/c1-13-8-16(25-27(13)11-15-9-22-14(2)23-10-15)20(28)24-17-12-30-19-7-5-4-6-18(19)26(3)21(17)29/h6-10,17H,11-12H2,1-3H3,(H,24,28)/t17-/m0/s1. The number of aryl methyl sites for hydroxylation is 2. The maximum absolute atomic E-state index is 12.8. The van der Waals surface area contributed by atoms with Crippen LogP contribution in [0, 0.1) is 26.0 Å². The van der Waals surface area contributed by atoms with Gasteiger partial charge in [-0.05, 0) is 19.9 Å². The maximum atomic E-state index is 12.8. The molecule has 0 radical (unpaired) electrons. The lowest BCUT2D eigenvalue weighted by atomic mass is 10.2. The Kier molecular flexibility index (Phi) is 5.06. The fourth-order valence-corrected chi connectivity index (χ4v) is 3.13. The Labute approximate surface area is 173 Å². The van der Waals surface area contributed by atoms with Gasteiger partial charge in [0.15, 0.2) is 5.75 Å². The van der Waals surface area contributed by atoms with E-state index in [-0.39, 0.29) is 18.2 Å². The van der Waals surface area contributed by atoms with Gasteiger partial charge in [0.25, 0.3) is 11.8 Å². The van der Waals surface area contributed by atoms with E-state index in [1.54, 1.807) is 42.3 Å². The van der Waals surface area contributed by atoms with Gasteiger partial charge in [0.1, 0.15) is 24.2 Å². The van der Waals surface area contributed by atoms with E-state index in [4.69, 9.17) is 4.74 Å². The second-order valence-electron chi connectivity index (χ2n) is 7.03. The van der Waals surface area contributed by atoms with Gasteiger partial charge in [-0.25, -0.2) is 9.97 Å². The van der Waals surface area contributed by atoms with Crippen molar-refractivity contribution in [3.05, 3.63) is 65.5 Å². The first-order valence-corrected chi connectivity index (χ1v) is 9.37. The number of aromatic nitrogens is 4. The zero-order valence-electron chi connectivity index (χ0n) is 16.8. The average Bonchev–Trinajstić information content (AvgIpc) is 3.06. The van der Waals surface area contributed by atoms with Crippen LogP contribution in [0.4, 0.5) is 5.69 Å². The van der Waals surface area contributed by atoms with Crippen molar-refractivity contribution < 1.29 is 14.3 Å². The Morgan fingerprint density at radius 3 is 2.77 bits per heavy atom. The number of anilines is 1. The Morgan fingerprint density at radius 2 is 2.00 bits per heavy atom. The summed E-state index contributed by atoms with van der Waals surface area (Å²) in [4.78, 5) is 35.3. The van der Waals surface area contributed by atoms with Crippen molar-refractivity contribution in [3.63, 3.8) is 0 Å². The minimum atomic E-state index is -0.842. The molecular formula is C21H20N6O3. The molecule has 1 aromatic carbocycles. The summed E-state index contributed by atoms with van der Waals surface area (Å²) in [6.07, 6.45) is 3.46. The highest BCUT2D eigenvalue weighted by Crippen LogP contribution is 2.28. The van der Waals surface area contributed by atoms with Crippen molar-refractivity contribution in [3.8, 4) is 5.75 Å². The van der Waals surface area contributed by atoms with Crippen molar-refractivity contribution in [1.29, 1.82) is 0 Å². The first-order valence-electron chi connectivity index (χ1n) is 9.37. The van der Waals surface area contributed by atoms with Gasteiger partial charge < -0.3 is 15.0 Å². The third-order valence-electron chi connectivity index (χ3n) is 4.83. The number of carbonyl (C=O) groups excluding carboxylic acids is 2. The number of hydrogen-bond acceptors (Lipinski definition) is 6. The van der Waals surface area contributed by atoms with Gasteiger partial charge in [-0.15, -0.1) is 0 Å². The predicted octanol–water partition coefficient (Wildman–Crippen LogP) is 1.09. The lowest BCUT2D eigenvalue weighted by molar-refractivity contribution is -0.120. The summed E-state index contributed by atoms with van der Waals surface area (Å²) in [5.41, 5.74) is 2.48. The van der Waals surface area contributed by atoms with Crippen LogP contribution in [0.15, 0.2) is 30.6 Å². The normalized spacial score (nSPS) is 15.6. The summed E-state index contributed by atoms with van der Waals surface area (Å²) in [5, 5.41) is 7.10. The molecule has 1 aliphatic heterocycles. The fraction of sp³-hybridized carbons (Fsp3) is 0.286. The Morgan fingerprint density at radius 1 is 1.27 bits per heavy atom. The van der Waals surface area contributed by atoms with Crippen LogP contribution < -0.4 is 15.0 Å². The van der Waals surface area contributed by atoms with Crippen LogP contribution >= 0.6 is 0 Å². The van der Waals surface area contributed by atoms with Crippen molar-refractivity contribution in [2.24, 2.45) is 0 Å². The lowest BCUT2D eigenvalue weighted by Gasteiger charge is -2.19. The van der Waals surface area contributed by atoms with E-state index in [0.717, 1.165) is 11.3 Å². The highest BCUT2D eigenvalue weighted by molar-refractivity contribution is 6.02. The molecule has 0 fully saturated rings. The number of ether oxygens (including phenoxy) is 1. The van der Waals surface area contributed by atoms with Gasteiger partial charge in [0, 0.05) is 42.8 Å². The number of carbonyl (C=O) groups is 2. The molecular weight excluding hydrogens is 384 g/mol. The third kappa shape index (κ3) is 3.80. The Hall–Kier alpha value is -3.93. The van der Waals surface area contributed by atoms with E-state index in [2.05, 4.69) is 32.5 Å². The number of amides is 2. The number of nitrogens with zero attached hydrogens (tertiary/aromatic N) is 5. The molecule has 0 saturated carbocycles. The summed E-state index contributed by atoms with van der Waals surface area (Å²) >= 11 is 0. The molecule has 0 aliphatic carbocycles. The van der Waals surface area contributed by atoms with Gasteiger partial charge in [-0.2, -0.15) is 5.10 Å². The number of rotatable bonds is 4. The molecule has 9 heteroatoms. The minimum absolute atomic E-state index is 0.0141. The van der Waals surface area contributed by atoms with E-state index in [1.807, 2.05) is 13.8 Å². The number of nitrogens with one attached hydrogen (secondary N) is 1. The molecule has 0 saturated heterocycles. The summed E-state index contributed by atoms with van der Waals surface area (Å²) in [6, 6.07) is 9.67. The Bertz CT molecular complexity index is 1090. The van der Waals surface area contributed by atoms with Crippen LogP contribution in [0.3, 0.4) is 0 Å². The average molecular weight is 404 g/mol. The zero-order valence-corrected chi connectivity index (χ0v) is 16.8. The fourth-order valence-electron chi connectivity index (χ4n) is 3.13. The number of hydrogen-bond donors (Lipinski definition) is 1. The lowest BCUT2D eigenvalue weighted by Crippen LogP contribution is -2.49. The molecule has 0 spiro atoms. The maximum Gasteiger partial charge on any atom is 0.272 e. The minimum Gasteiger partial charge on any atom is -0.488 e. The quantitative estimate of drug-likeness (QED) is 0.699. The van der Waals surface area contributed by atoms with E-state index >= 15 is 0 Å². The summed E-state index contributed by atoms with van der Waals surface area (Å²) in [7, 11) is 1.63. The molecule has 0 bridgehead atoms. The van der Waals surface area contributed by atoms with Gasteiger partial charge in [-0.1, -0.05) is 12.1 Å². The number of likely N-dealkylation sites (N-methyl/N-ethyl adjacent to an activating group) is 1. The topological polar surface area (TPSA) is 102 Å². The predicted molar refractivity (Wildman–Crippen MR) is 107 cm³/mol. The largest absolute Gasteiger partial charge is 0.488 e. The van der Waals surface area contributed by atoms with Gasteiger partial charge >= 0.3 is 0 Å². The molecule has 3 aromatic rings. The molecule has 0 unspecified atom stereocenters. The van der Waals surface area contributed by atoms with Crippen LogP contribution in [0.2, 0.25) is 0 Å². The van der Waals surface area contributed by atoms with Crippen molar-refractivity contribution >= 4 is 17.5 Å². The highest BCUT2D eigenvalue weighted by atomic mass is 16.5. The SMILES string of the molecule is Cc1ncc(Cn2nc(C(=O)N[C@H]3COc4cc#ccc4N(C)C3=O)cc2C)cn1. The van der Waals surface area contributed by atoms with Crippen LogP contribution in [0.5, 0.6) is 5.75 Å². The molecule has 1 aliphatic rings. The Balaban J connectivity index is 1.48. The molecule has 4 rings (SSSR count). The monoisotopic (exact) mass is 404 g/mol. The van der Waals surface area contributed by atoms with E-state index < -0.39 is 11.9 Å². The summed E-state index contributed by atoms with van der Waals surface area (Å²) in [5.74, 6) is 0.474. The molecule has 152 valence electrons. The van der Waals surface area contributed by atoms with Crippen molar-refractivity contribution in [2.45, 2.75) is 26.4 Å². The first-order chi connectivity index (χ1) is 14.4. The number of fused-ring (bicyclic) bond motifs is 1. The van der Waals surface area contributed by atoms with Crippen molar-refractivity contribution in [2.75, 3.05) is 18.6 Å². The van der Waals surface area contributed by atoms with E-state index in [0.29, 0.717) is 23.8 Å². The second kappa shape index (κ2) is 7.83. The summed E-state index contributed by atoms with van der Waals surface area (Å²) in [6.45, 7) is 4.13. The van der Waals surface area contributed by atoms with Crippen LogP contribution in [-0.4, -0.2) is 51.3 Å². The van der Waals surface area contributed by atoms with Gasteiger partial charge in [-0.3, -0.25) is 14.3 Å². The molecule has 30 heavy (non-hydrogen) atoms. The molecule has 2 amide bonds. The smallest absolute Gasteiger partial charge is 0.272 e. The van der Waals surface area contributed by atoms with Crippen molar-refractivity contribution in [1.82, 2.24) is 25.1 Å². The third-order valence-corrected chi connectivity index (χ3v) is 4.83. The van der Waals surface area contributed by atoms with E-state index in [9.17, 15) is 9.59 Å². The molecule has 2 aromatic heterocycles. The van der Waals surface area contributed by atoms with Crippen LogP contribution in [-0.2, 0) is 11.3 Å². The van der Waals surface area contributed by atoms with Gasteiger partial charge in [0.2, 0.25) is 0 Å².